The molecule has 5 nitrogen and oxygen atoms in total. The predicted octanol–water partition coefficient (Wildman–Crippen LogP) is 4.23. The Morgan fingerprint density at radius 2 is 1.93 bits per heavy atom. The number of amides is 1. The zero-order valence-corrected chi connectivity index (χ0v) is 17.3. The van der Waals surface area contributed by atoms with Crippen molar-refractivity contribution in [2.24, 2.45) is 7.05 Å². The lowest BCUT2D eigenvalue weighted by Gasteiger charge is -2.37. The third kappa shape index (κ3) is 3.07. The molecule has 3 heterocycles. The Morgan fingerprint density at radius 1 is 1.13 bits per heavy atom. The quantitative estimate of drug-likeness (QED) is 0.558. The van der Waals surface area contributed by atoms with E-state index in [1.165, 1.54) is 10.9 Å². The Labute approximate surface area is 175 Å². The van der Waals surface area contributed by atoms with E-state index in [0.717, 1.165) is 34.5 Å². The number of ether oxygens (including phenoxy) is 1. The van der Waals surface area contributed by atoms with E-state index >= 15 is 0 Å². The molecule has 152 valence electrons. The molecule has 1 atom stereocenters. The molecule has 0 aliphatic carbocycles. The van der Waals surface area contributed by atoms with Gasteiger partial charge in [-0.2, -0.15) is 0 Å². The van der Waals surface area contributed by atoms with E-state index in [1.807, 2.05) is 59.2 Å². The summed E-state index contributed by atoms with van der Waals surface area (Å²) in [6.45, 7) is 0.684. The van der Waals surface area contributed by atoms with Gasteiger partial charge < -0.3 is 19.2 Å². The lowest BCUT2D eigenvalue weighted by atomic mass is 9.91. The fourth-order valence-corrected chi connectivity index (χ4v) is 4.67. The van der Waals surface area contributed by atoms with Gasteiger partial charge >= 0.3 is 0 Å². The summed E-state index contributed by atoms with van der Waals surface area (Å²) < 4.78 is 7.66. The van der Waals surface area contributed by atoms with Crippen LogP contribution in [0.1, 0.15) is 28.4 Å². The largest absolute Gasteiger partial charge is 0.496 e. The summed E-state index contributed by atoms with van der Waals surface area (Å²) in [5.41, 5.74) is 5.54. The summed E-state index contributed by atoms with van der Waals surface area (Å²) in [7, 11) is 3.66. The maximum absolute atomic E-state index is 13.4. The van der Waals surface area contributed by atoms with Gasteiger partial charge in [0.15, 0.2) is 0 Å². The SMILES string of the molecule is COc1ccccc1C1c2[nH]c3ccccc3c2CCN1C(=O)Cc1ccn(C)c1. The zero-order chi connectivity index (χ0) is 20.7. The monoisotopic (exact) mass is 399 g/mol. The first-order valence-electron chi connectivity index (χ1n) is 10.3. The highest BCUT2D eigenvalue weighted by atomic mass is 16.5. The Morgan fingerprint density at radius 3 is 2.73 bits per heavy atom. The summed E-state index contributed by atoms with van der Waals surface area (Å²) in [4.78, 5) is 19.1. The van der Waals surface area contributed by atoms with Crippen LogP contribution in [0.2, 0.25) is 0 Å². The second kappa shape index (κ2) is 7.41. The Kier molecular flexibility index (Phi) is 4.58. The van der Waals surface area contributed by atoms with Crippen LogP contribution in [0.4, 0.5) is 0 Å². The predicted molar refractivity (Wildman–Crippen MR) is 118 cm³/mol. The van der Waals surface area contributed by atoms with Gasteiger partial charge in [0.05, 0.1) is 13.5 Å². The minimum atomic E-state index is -0.200. The molecule has 0 spiro atoms. The zero-order valence-electron chi connectivity index (χ0n) is 17.3. The molecule has 0 bridgehead atoms. The molecule has 0 saturated heterocycles. The minimum Gasteiger partial charge on any atom is -0.496 e. The Bertz CT molecular complexity index is 1220. The number of benzene rings is 2. The average molecular weight is 399 g/mol. The summed E-state index contributed by atoms with van der Waals surface area (Å²) in [5, 5.41) is 1.24. The lowest BCUT2D eigenvalue weighted by Crippen LogP contribution is -2.41. The van der Waals surface area contributed by atoms with E-state index in [4.69, 9.17) is 4.74 Å². The Balaban J connectivity index is 1.62. The number of fused-ring (bicyclic) bond motifs is 3. The molecule has 5 heteroatoms. The Hall–Kier alpha value is -3.47. The van der Waals surface area contributed by atoms with Crippen LogP contribution < -0.4 is 4.74 Å². The molecule has 1 amide bonds. The van der Waals surface area contributed by atoms with Crippen LogP contribution >= 0.6 is 0 Å². The first-order chi connectivity index (χ1) is 14.7. The van der Waals surface area contributed by atoms with Gasteiger partial charge in [-0.05, 0) is 35.7 Å². The van der Waals surface area contributed by atoms with E-state index in [-0.39, 0.29) is 11.9 Å². The molecule has 2 aromatic carbocycles. The highest BCUT2D eigenvalue weighted by molar-refractivity contribution is 5.87. The molecular weight excluding hydrogens is 374 g/mol. The number of aryl methyl sites for hydroxylation is 1. The maximum Gasteiger partial charge on any atom is 0.227 e. The third-order valence-electron chi connectivity index (χ3n) is 6.04. The van der Waals surface area contributed by atoms with Crippen molar-refractivity contribution in [1.29, 1.82) is 0 Å². The van der Waals surface area contributed by atoms with Gasteiger partial charge in [0.25, 0.3) is 0 Å². The van der Waals surface area contributed by atoms with Crippen LogP contribution in [0.25, 0.3) is 10.9 Å². The number of carbonyl (C=O) groups is 1. The van der Waals surface area contributed by atoms with Crippen LogP contribution in [-0.4, -0.2) is 34.0 Å². The van der Waals surface area contributed by atoms with Crippen LogP contribution in [0.5, 0.6) is 5.75 Å². The van der Waals surface area contributed by atoms with Gasteiger partial charge in [-0.25, -0.2) is 0 Å². The number of aromatic amines is 1. The maximum atomic E-state index is 13.4. The number of methoxy groups -OCH3 is 1. The minimum absolute atomic E-state index is 0.126. The van der Waals surface area contributed by atoms with Crippen molar-refractivity contribution in [3.8, 4) is 5.75 Å². The average Bonchev–Trinajstić information content (AvgIpc) is 3.35. The van der Waals surface area contributed by atoms with Crippen molar-refractivity contribution >= 4 is 16.8 Å². The standard InChI is InChI=1S/C25H25N3O2/c1-27-13-11-17(16-27)15-23(29)28-14-12-19-18-7-3-5-9-21(18)26-24(19)25(28)20-8-4-6-10-22(20)30-2/h3-11,13,16,25-26H,12,14-15H2,1-2H3. The van der Waals surface area contributed by atoms with Crippen LogP contribution in [0.15, 0.2) is 67.0 Å². The van der Waals surface area contributed by atoms with Crippen molar-refractivity contribution in [2.45, 2.75) is 18.9 Å². The van der Waals surface area contributed by atoms with Gasteiger partial charge in [0, 0.05) is 48.1 Å². The molecule has 1 aliphatic heterocycles. The molecule has 0 fully saturated rings. The number of para-hydroxylation sites is 2. The first-order valence-corrected chi connectivity index (χ1v) is 10.3. The molecule has 4 aromatic rings. The molecule has 1 unspecified atom stereocenters. The third-order valence-corrected chi connectivity index (χ3v) is 6.04. The molecule has 30 heavy (non-hydrogen) atoms. The molecule has 1 aliphatic rings. The topological polar surface area (TPSA) is 50.3 Å². The number of aromatic nitrogens is 2. The van der Waals surface area contributed by atoms with E-state index < -0.39 is 0 Å². The fourth-order valence-electron chi connectivity index (χ4n) is 4.67. The van der Waals surface area contributed by atoms with Gasteiger partial charge in [-0.15, -0.1) is 0 Å². The number of hydrogen-bond donors (Lipinski definition) is 1. The van der Waals surface area contributed by atoms with Gasteiger partial charge in [-0.3, -0.25) is 4.79 Å². The molecule has 0 saturated carbocycles. The second-order valence-corrected chi connectivity index (χ2v) is 7.91. The van der Waals surface area contributed by atoms with Crippen LogP contribution in [0, 0.1) is 0 Å². The second-order valence-electron chi connectivity index (χ2n) is 7.91. The lowest BCUT2D eigenvalue weighted by molar-refractivity contribution is -0.132. The van der Waals surface area contributed by atoms with E-state index in [1.54, 1.807) is 7.11 Å². The fraction of sp³-hybridized carbons (Fsp3) is 0.240. The number of carbonyl (C=O) groups excluding carboxylic acids is 1. The molecule has 1 N–H and O–H groups in total. The normalized spacial score (nSPS) is 15.9. The number of hydrogen-bond acceptors (Lipinski definition) is 2. The van der Waals surface area contributed by atoms with Crippen molar-refractivity contribution in [3.05, 3.63) is 89.4 Å². The molecular formula is C25H25N3O2. The molecule has 2 aromatic heterocycles. The highest BCUT2D eigenvalue weighted by Crippen LogP contribution is 2.41. The van der Waals surface area contributed by atoms with Crippen LogP contribution in [0.3, 0.4) is 0 Å². The summed E-state index contributed by atoms with van der Waals surface area (Å²) in [6.07, 6.45) is 5.22. The van der Waals surface area contributed by atoms with Crippen molar-refractivity contribution in [2.75, 3.05) is 13.7 Å². The number of nitrogens with one attached hydrogen (secondary N) is 1. The van der Waals surface area contributed by atoms with Gasteiger partial charge in [0.2, 0.25) is 5.91 Å². The highest BCUT2D eigenvalue weighted by Gasteiger charge is 2.35. The van der Waals surface area contributed by atoms with E-state index in [9.17, 15) is 4.79 Å². The van der Waals surface area contributed by atoms with Crippen LogP contribution in [-0.2, 0) is 24.7 Å². The summed E-state index contributed by atoms with van der Waals surface area (Å²) >= 11 is 0. The molecule has 0 radical (unpaired) electrons. The summed E-state index contributed by atoms with van der Waals surface area (Å²) in [5.74, 6) is 0.924. The van der Waals surface area contributed by atoms with E-state index in [0.29, 0.717) is 13.0 Å². The van der Waals surface area contributed by atoms with Gasteiger partial charge in [0.1, 0.15) is 11.8 Å². The smallest absolute Gasteiger partial charge is 0.227 e. The summed E-state index contributed by atoms with van der Waals surface area (Å²) in [6, 6.07) is 18.2. The van der Waals surface area contributed by atoms with Crippen molar-refractivity contribution in [1.82, 2.24) is 14.5 Å². The number of H-pyrrole nitrogens is 1. The first kappa shape index (κ1) is 18.6. The van der Waals surface area contributed by atoms with Gasteiger partial charge in [-0.1, -0.05) is 36.4 Å². The molecule has 5 rings (SSSR count). The van der Waals surface area contributed by atoms with Crippen molar-refractivity contribution < 1.29 is 9.53 Å². The number of rotatable bonds is 4. The van der Waals surface area contributed by atoms with Crippen molar-refractivity contribution in [3.63, 3.8) is 0 Å². The number of nitrogens with zero attached hydrogens (tertiary/aromatic N) is 2. The van der Waals surface area contributed by atoms with E-state index in [2.05, 4.69) is 29.2 Å².